The van der Waals surface area contributed by atoms with E-state index in [0.717, 1.165) is 30.3 Å². The Morgan fingerprint density at radius 3 is 1.91 bits per heavy atom. The quantitative estimate of drug-likeness (QED) is 0.298. The van der Waals surface area contributed by atoms with Crippen molar-refractivity contribution in [1.29, 1.82) is 0 Å². The Morgan fingerprint density at radius 1 is 0.714 bits per heavy atom. The second-order valence-electron chi connectivity index (χ2n) is 10.9. The van der Waals surface area contributed by atoms with Crippen LogP contribution in [0.25, 0.3) is 11.1 Å². The van der Waals surface area contributed by atoms with Crippen LogP contribution >= 0.6 is 0 Å². The van der Waals surface area contributed by atoms with Crippen molar-refractivity contribution in [2.45, 2.75) is 103 Å². The molecule has 0 spiro atoms. The van der Waals surface area contributed by atoms with Crippen LogP contribution in [-0.4, -0.2) is 13.2 Å². The minimum Gasteiger partial charge on any atom is -0.348 e. The summed E-state index contributed by atoms with van der Waals surface area (Å²) in [5.74, 6) is 1.78. The summed E-state index contributed by atoms with van der Waals surface area (Å²) in [5, 5.41) is 0. The van der Waals surface area contributed by atoms with E-state index < -0.39 is 0 Å². The van der Waals surface area contributed by atoms with Crippen LogP contribution in [0, 0.1) is 17.7 Å². The Kier molecular flexibility index (Phi) is 10.2. The highest BCUT2D eigenvalue weighted by atomic mass is 19.1. The first-order chi connectivity index (χ1) is 17.2. The number of unbranched alkanes of at least 4 members (excludes halogenated alkanes) is 4. The number of halogens is 1. The van der Waals surface area contributed by atoms with Crippen molar-refractivity contribution < 1.29 is 13.9 Å². The monoisotopic (exact) mass is 480 g/mol. The number of ether oxygens (including phenoxy) is 2. The molecule has 1 heterocycles. The lowest BCUT2D eigenvalue weighted by Gasteiger charge is -2.30. The van der Waals surface area contributed by atoms with Crippen LogP contribution in [0.2, 0.25) is 0 Å². The van der Waals surface area contributed by atoms with Crippen LogP contribution in [0.5, 0.6) is 0 Å². The van der Waals surface area contributed by atoms with Gasteiger partial charge in [0.1, 0.15) is 5.82 Å². The molecule has 35 heavy (non-hydrogen) atoms. The maximum atomic E-state index is 15.1. The van der Waals surface area contributed by atoms with E-state index in [4.69, 9.17) is 9.47 Å². The zero-order chi connectivity index (χ0) is 24.5. The average Bonchev–Trinajstić information content (AvgIpc) is 2.90. The highest BCUT2D eigenvalue weighted by Gasteiger charge is 2.24. The van der Waals surface area contributed by atoms with Crippen LogP contribution in [-0.2, 0) is 9.47 Å². The summed E-state index contributed by atoms with van der Waals surface area (Å²) < 4.78 is 27.1. The molecule has 2 fully saturated rings. The van der Waals surface area contributed by atoms with Crippen LogP contribution in [0.4, 0.5) is 4.39 Å². The summed E-state index contributed by atoms with van der Waals surface area (Å²) in [5.41, 5.74) is 3.77. The van der Waals surface area contributed by atoms with Gasteiger partial charge in [0.05, 0.1) is 13.2 Å². The molecular weight excluding hydrogens is 435 g/mol. The van der Waals surface area contributed by atoms with Gasteiger partial charge >= 0.3 is 0 Å². The number of benzene rings is 2. The SMILES string of the molecule is CCCCCC1COC(c2ccc(-c3ccc([C@H]4CC[C@H](CCCCC)CC4)cc3F)cc2)OC1. The molecule has 1 saturated carbocycles. The maximum absolute atomic E-state index is 15.1. The number of hydrogen-bond acceptors (Lipinski definition) is 2. The highest BCUT2D eigenvalue weighted by Crippen LogP contribution is 2.39. The first-order valence-electron chi connectivity index (χ1n) is 14.3. The number of rotatable bonds is 11. The van der Waals surface area contributed by atoms with Crippen molar-refractivity contribution in [2.75, 3.05) is 13.2 Å². The van der Waals surface area contributed by atoms with E-state index in [1.165, 1.54) is 82.6 Å². The smallest absolute Gasteiger partial charge is 0.183 e. The molecule has 4 rings (SSSR count). The summed E-state index contributed by atoms with van der Waals surface area (Å²) in [4.78, 5) is 0. The minimum atomic E-state index is -0.309. The molecule has 2 aromatic rings. The topological polar surface area (TPSA) is 18.5 Å². The van der Waals surface area contributed by atoms with E-state index in [1.54, 1.807) is 6.07 Å². The molecular formula is C32H45FO2. The molecule has 2 aromatic carbocycles. The Balaban J connectivity index is 1.30. The molecule has 2 aliphatic rings. The summed E-state index contributed by atoms with van der Waals surface area (Å²) in [7, 11) is 0. The Morgan fingerprint density at radius 2 is 1.31 bits per heavy atom. The lowest BCUT2D eigenvalue weighted by molar-refractivity contribution is -0.206. The minimum absolute atomic E-state index is 0.111. The van der Waals surface area contributed by atoms with Gasteiger partial charge in [-0.15, -0.1) is 0 Å². The van der Waals surface area contributed by atoms with Crippen molar-refractivity contribution in [3.63, 3.8) is 0 Å². The molecule has 0 amide bonds. The lowest BCUT2D eigenvalue weighted by atomic mass is 9.77. The molecule has 0 N–H and O–H groups in total. The molecule has 0 atom stereocenters. The second kappa shape index (κ2) is 13.6. The van der Waals surface area contributed by atoms with E-state index in [9.17, 15) is 0 Å². The van der Waals surface area contributed by atoms with Gasteiger partial charge in [0.2, 0.25) is 0 Å². The third kappa shape index (κ3) is 7.40. The van der Waals surface area contributed by atoms with Crippen LogP contribution < -0.4 is 0 Å². The molecule has 0 bridgehead atoms. The molecule has 1 aliphatic heterocycles. The molecule has 2 nitrogen and oxygen atoms in total. The largest absolute Gasteiger partial charge is 0.348 e. The normalized spacial score (nSPS) is 25.0. The third-order valence-electron chi connectivity index (χ3n) is 8.20. The van der Waals surface area contributed by atoms with Gasteiger partial charge < -0.3 is 9.47 Å². The van der Waals surface area contributed by atoms with Crippen molar-refractivity contribution in [3.8, 4) is 11.1 Å². The van der Waals surface area contributed by atoms with Gasteiger partial charge in [-0.2, -0.15) is 0 Å². The van der Waals surface area contributed by atoms with Gasteiger partial charge in [0, 0.05) is 17.0 Å². The average molecular weight is 481 g/mol. The van der Waals surface area contributed by atoms with E-state index in [2.05, 4.69) is 19.9 Å². The zero-order valence-electron chi connectivity index (χ0n) is 21.9. The predicted molar refractivity (Wildman–Crippen MR) is 143 cm³/mol. The summed E-state index contributed by atoms with van der Waals surface area (Å²) >= 11 is 0. The van der Waals surface area contributed by atoms with Crippen LogP contribution in [0.15, 0.2) is 42.5 Å². The summed E-state index contributed by atoms with van der Waals surface area (Å²) in [6, 6.07) is 13.9. The lowest BCUT2D eigenvalue weighted by Crippen LogP contribution is -2.27. The van der Waals surface area contributed by atoms with E-state index in [1.807, 2.05) is 30.3 Å². The van der Waals surface area contributed by atoms with E-state index in [0.29, 0.717) is 17.4 Å². The van der Waals surface area contributed by atoms with Crippen molar-refractivity contribution in [2.24, 2.45) is 11.8 Å². The van der Waals surface area contributed by atoms with Crippen molar-refractivity contribution >= 4 is 0 Å². The molecule has 3 heteroatoms. The standard InChI is InChI=1S/C32H45FO2/c1-3-5-7-9-24-11-13-26(14-12-24)29-19-20-30(31(33)21-29)27-15-17-28(18-16-27)32-34-22-25(23-35-32)10-8-6-4-2/h15-21,24-26,32H,3-14,22-23H2,1-2H3/t24-,25?,26-,32?. The second-order valence-corrected chi connectivity index (χ2v) is 10.9. The Bertz CT molecular complexity index is 877. The van der Waals surface area contributed by atoms with Gasteiger partial charge in [-0.05, 0) is 61.1 Å². The molecule has 1 aliphatic carbocycles. The molecule has 0 unspecified atom stereocenters. The predicted octanol–water partition coefficient (Wildman–Crippen LogP) is 9.59. The molecule has 192 valence electrons. The van der Waals surface area contributed by atoms with E-state index in [-0.39, 0.29) is 12.1 Å². The third-order valence-corrected chi connectivity index (χ3v) is 8.20. The zero-order valence-corrected chi connectivity index (χ0v) is 21.9. The highest BCUT2D eigenvalue weighted by molar-refractivity contribution is 5.65. The summed E-state index contributed by atoms with van der Waals surface area (Å²) in [6.45, 7) is 6.02. The van der Waals surface area contributed by atoms with Gasteiger partial charge in [-0.1, -0.05) is 95.2 Å². The molecule has 0 aromatic heterocycles. The Labute approximate surface area is 212 Å². The fraction of sp³-hybridized carbons (Fsp3) is 0.625. The Hall–Kier alpha value is -1.71. The first-order valence-corrected chi connectivity index (χ1v) is 14.3. The van der Waals surface area contributed by atoms with Crippen LogP contribution in [0.3, 0.4) is 0 Å². The molecule has 1 saturated heterocycles. The fourth-order valence-electron chi connectivity index (χ4n) is 5.89. The molecule has 0 radical (unpaired) electrons. The van der Waals surface area contributed by atoms with Gasteiger partial charge in [-0.25, -0.2) is 4.39 Å². The fourth-order valence-corrected chi connectivity index (χ4v) is 5.89. The van der Waals surface area contributed by atoms with Crippen molar-refractivity contribution in [1.82, 2.24) is 0 Å². The van der Waals surface area contributed by atoms with Gasteiger partial charge in [0.25, 0.3) is 0 Å². The summed E-state index contributed by atoms with van der Waals surface area (Å²) in [6.07, 6.45) is 15.0. The maximum Gasteiger partial charge on any atom is 0.183 e. The first kappa shape index (κ1) is 26.4. The van der Waals surface area contributed by atoms with Crippen molar-refractivity contribution in [3.05, 3.63) is 59.4 Å². The number of hydrogen-bond donors (Lipinski definition) is 0. The van der Waals surface area contributed by atoms with Gasteiger partial charge in [0.15, 0.2) is 6.29 Å². The van der Waals surface area contributed by atoms with Gasteiger partial charge in [-0.3, -0.25) is 0 Å². The van der Waals surface area contributed by atoms with E-state index >= 15 is 4.39 Å². The van der Waals surface area contributed by atoms with Crippen LogP contribution in [0.1, 0.15) is 114 Å².